The van der Waals surface area contributed by atoms with Gasteiger partial charge in [0.1, 0.15) is 12.4 Å². The molecule has 0 unspecified atom stereocenters. The molecule has 1 fully saturated rings. The Bertz CT molecular complexity index is 828. The van der Waals surface area contributed by atoms with Gasteiger partial charge in [-0.3, -0.25) is 0 Å². The molecule has 1 aromatic heterocycles. The normalized spacial score (nSPS) is 13.3. The van der Waals surface area contributed by atoms with Crippen LogP contribution in [0.15, 0.2) is 24.4 Å². The second-order valence-corrected chi connectivity index (χ2v) is 5.76. The zero-order valence-electron chi connectivity index (χ0n) is 13.5. The molecule has 2 N–H and O–H groups in total. The second kappa shape index (κ2) is 7.51. The van der Waals surface area contributed by atoms with Crippen molar-refractivity contribution in [2.75, 3.05) is 6.61 Å². The lowest BCUT2D eigenvalue weighted by molar-refractivity contribution is 0.208. The van der Waals surface area contributed by atoms with E-state index in [0.29, 0.717) is 12.5 Å². The first-order valence-corrected chi connectivity index (χ1v) is 7.79. The van der Waals surface area contributed by atoms with Gasteiger partial charge < -0.3 is 19.9 Å². The van der Waals surface area contributed by atoms with Crippen LogP contribution < -0.4 is 19.9 Å². The van der Waals surface area contributed by atoms with Gasteiger partial charge in [0.15, 0.2) is 23.2 Å². The smallest absolute Gasteiger partial charge is 0.410 e. The van der Waals surface area contributed by atoms with Crippen molar-refractivity contribution < 1.29 is 32.2 Å². The van der Waals surface area contributed by atoms with E-state index in [1.165, 1.54) is 6.07 Å². The van der Waals surface area contributed by atoms with Crippen molar-refractivity contribution in [2.45, 2.75) is 19.4 Å². The predicted octanol–water partition coefficient (Wildman–Crippen LogP) is 3.32. The summed E-state index contributed by atoms with van der Waals surface area (Å²) in [5.74, 6) is -3.16. The van der Waals surface area contributed by atoms with Crippen LogP contribution >= 0.6 is 0 Å². The maximum Gasteiger partial charge on any atom is 0.410 e. The van der Waals surface area contributed by atoms with Crippen molar-refractivity contribution in [3.05, 3.63) is 47.4 Å². The molecule has 0 saturated heterocycles. The lowest BCUT2D eigenvalue weighted by Gasteiger charge is -2.13. The number of hydrogen-bond donors (Lipinski definition) is 1. The van der Waals surface area contributed by atoms with Crippen LogP contribution in [0.1, 0.15) is 18.4 Å². The zero-order chi connectivity index (χ0) is 18.7. The molecule has 1 saturated carbocycles. The molecule has 1 heterocycles. The fourth-order valence-electron chi connectivity index (χ4n) is 2.15. The summed E-state index contributed by atoms with van der Waals surface area (Å²) in [4.78, 5) is 14.4. The summed E-state index contributed by atoms with van der Waals surface area (Å²) >= 11 is 0. The molecule has 9 heteroatoms. The number of aromatic nitrogens is 1. The first-order chi connectivity index (χ1) is 12.4. The summed E-state index contributed by atoms with van der Waals surface area (Å²) in [6, 6.07) is 3.26. The van der Waals surface area contributed by atoms with Gasteiger partial charge in [-0.2, -0.15) is 0 Å². The van der Waals surface area contributed by atoms with Gasteiger partial charge in [0.2, 0.25) is 5.88 Å². The average Bonchev–Trinajstić information content (AvgIpc) is 3.41. The average molecular weight is 368 g/mol. The van der Waals surface area contributed by atoms with Gasteiger partial charge in [-0.15, -0.1) is 0 Å². The van der Waals surface area contributed by atoms with Crippen molar-refractivity contribution in [3.63, 3.8) is 0 Å². The van der Waals surface area contributed by atoms with E-state index in [1.54, 1.807) is 0 Å². The third kappa shape index (κ3) is 4.35. The molecule has 0 atom stereocenters. The highest BCUT2D eigenvalue weighted by atomic mass is 19.2. The van der Waals surface area contributed by atoms with Crippen LogP contribution in [0, 0.1) is 23.4 Å². The first-order valence-electron chi connectivity index (χ1n) is 7.79. The highest BCUT2D eigenvalue weighted by Gasteiger charge is 2.23. The van der Waals surface area contributed by atoms with Gasteiger partial charge in [-0.25, -0.2) is 22.9 Å². The summed E-state index contributed by atoms with van der Waals surface area (Å²) in [5, 5.41) is 0. The van der Waals surface area contributed by atoms with Crippen LogP contribution in [0.25, 0.3) is 0 Å². The van der Waals surface area contributed by atoms with Gasteiger partial charge in [-0.05, 0) is 30.9 Å². The van der Waals surface area contributed by atoms with E-state index in [-0.39, 0.29) is 17.2 Å². The fraction of sp³-hybridized carbons (Fsp3) is 0.294. The van der Waals surface area contributed by atoms with Crippen molar-refractivity contribution in [1.29, 1.82) is 0 Å². The molecule has 3 rings (SSSR count). The van der Waals surface area contributed by atoms with Gasteiger partial charge in [0.25, 0.3) is 0 Å². The van der Waals surface area contributed by atoms with E-state index in [1.807, 2.05) is 0 Å². The summed E-state index contributed by atoms with van der Waals surface area (Å²) in [6.07, 6.45) is 1.61. The van der Waals surface area contributed by atoms with Crippen molar-refractivity contribution in [2.24, 2.45) is 11.7 Å². The molecule has 26 heavy (non-hydrogen) atoms. The van der Waals surface area contributed by atoms with Crippen LogP contribution in [0.5, 0.6) is 17.4 Å². The van der Waals surface area contributed by atoms with Gasteiger partial charge in [-0.1, -0.05) is 0 Å². The van der Waals surface area contributed by atoms with Crippen LogP contribution in [0.3, 0.4) is 0 Å². The lowest BCUT2D eigenvalue weighted by Crippen LogP contribution is -2.17. The molecule has 1 aliphatic rings. The van der Waals surface area contributed by atoms with E-state index >= 15 is 0 Å². The first kappa shape index (κ1) is 17.8. The Kier molecular flexibility index (Phi) is 5.15. The van der Waals surface area contributed by atoms with Crippen molar-refractivity contribution >= 4 is 6.09 Å². The number of nitrogens with zero attached hydrogens (tertiary/aromatic N) is 1. The summed E-state index contributed by atoms with van der Waals surface area (Å²) in [7, 11) is 0. The second-order valence-electron chi connectivity index (χ2n) is 5.76. The third-order valence-electron chi connectivity index (χ3n) is 3.69. The quantitative estimate of drug-likeness (QED) is 0.811. The highest BCUT2D eigenvalue weighted by molar-refractivity contribution is 5.68. The molecule has 0 radical (unpaired) electrons. The van der Waals surface area contributed by atoms with Crippen molar-refractivity contribution in [3.8, 4) is 17.4 Å². The molecule has 6 nitrogen and oxygen atoms in total. The Morgan fingerprint density at radius 3 is 2.62 bits per heavy atom. The van der Waals surface area contributed by atoms with Crippen LogP contribution in [0.4, 0.5) is 18.0 Å². The number of hydrogen-bond acceptors (Lipinski definition) is 5. The van der Waals surface area contributed by atoms with Crippen LogP contribution in [-0.2, 0) is 6.61 Å². The van der Waals surface area contributed by atoms with Crippen LogP contribution in [-0.4, -0.2) is 17.7 Å². The monoisotopic (exact) mass is 368 g/mol. The Hall–Kier alpha value is -2.97. The molecule has 1 aromatic carbocycles. The number of halogens is 3. The van der Waals surface area contributed by atoms with E-state index < -0.39 is 35.9 Å². The standard InChI is InChI=1S/C17H15F3N2O4/c18-11-3-4-13(24-7-9-1-2-9)10(16(11)20)8-25-15-5-14(26-17(21)23)12(19)6-22-15/h3-6,9H,1-2,7-8H2,(H2,21,23). The SMILES string of the molecule is NC(=O)Oc1cc(OCc2c(OCC3CC3)ccc(F)c2F)ncc1F. The minimum Gasteiger partial charge on any atom is -0.493 e. The minimum absolute atomic E-state index is 0.130. The Balaban J connectivity index is 1.76. The molecule has 0 bridgehead atoms. The van der Waals surface area contributed by atoms with Gasteiger partial charge in [0.05, 0.1) is 18.4 Å². The van der Waals surface area contributed by atoms with E-state index in [9.17, 15) is 18.0 Å². The largest absolute Gasteiger partial charge is 0.493 e. The van der Waals surface area contributed by atoms with Crippen molar-refractivity contribution in [1.82, 2.24) is 4.98 Å². The van der Waals surface area contributed by atoms with Gasteiger partial charge >= 0.3 is 6.09 Å². The molecule has 0 aliphatic heterocycles. The Morgan fingerprint density at radius 1 is 1.15 bits per heavy atom. The number of primary amides is 1. The number of benzene rings is 1. The molecule has 138 valence electrons. The number of pyridine rings is 1. The molecular weight excluding hydrogens is 353 g/mol. The zero-order valence-corrected chi connectivity index (χ0v) is 13.5. The number of amides is 1. The molecular formula is C17H15F3N2O4. The molecule has 1 aliphatic carbocycles. The number of carbonyl (C=O) groups excluding carboxylic acids is 1. The topological polar surface area (TPSA) is 83.7 Å². The highest BCUT2D eigenvalue weighted by Crippen LogP contribution is 2.32. The maximum absolute atomic E-state index is 14.1. The number of rotatable bonds is 7. The van der Waals surface area contributed by atoms with E-state index in [0.717, 1.165) is 31.2 Å². The molecule has 2 aromatic rings. The third-order valence-corrected chi connectivity index (χ3v) is 3.69. The van der Waals surface area contributed by atoms with Gasteiger partial charge in [0, 0.05) is 6.07 Å². The fourth-order valence-corrected chi connectivity index (χ4v) is 2.15. The van der Waals surface area contributed by atoms with E-state index in [4.69, 9.17) is 15.2 Å². The number of nitrogens with two attached hydrogens (primary N) is 1. The number of carbonyl (C=O) groups is 1. The minimum atomic E-state index is -1.21. The summed E-state index contributed by atoms with van der Waals surface area (Å²) < 4.78 is 56.4. The Morgan fingerprint density at radius 2 is 1.92 bits per heavy atom. The predicted molar refractivity (Wildman–Crippen MR) is 83.3 cm³/mol. The molecule has 0 spiro atoms. The molecule has 1 amide bonds. The maximum atomic E-state index is 14.1. The number of ether oxygens (including phenoxy) is 3. The summed E-state index contributed by atoms with van der Waals surface area (Å²) in [5.41, 5.74) is 4.70. The summed E-state index contributed by atoms with van der Waals surface area (Å²) in [6.45, 7) is -0.0122. The lowest BCUT2D eigenvalue weighted by atomic mass is 10.2. The Labute approximate surface area is 146 Å². The van der Waals surface area contributed by atoms with E-state index in [2.05, 4.69) is 9.72 Å². The van der Waals surface area contributed by atoms with Crippen LogP contribution in [0.2, 0.25) is 0 Å².